The maximum Gasteiger partial charge on any atom is 0.407 e. The smallest absolute Gasteiger partial charge is 0.407 e. The highest BCUT2D eigenvalue weighted by molar-refractivity contribution is 5.95. The summed E-state index contributed by atoms with van der Waals surface area (Å²) in [6.07, 6.45) is -2.85. The van der Waals surface area contributed by atoms with Crippen LogP contribution in [-0.4, -0.2) is 32.9 Å². The quantitative estimate of drug-likeness (QED) is 0.493. The number of aromatic nitrogens is 4. The van der Waals surface area contributed by atoms with Gasteiger partial charge in [0.25, 0.3) is 0 Å². The SMILES string of the molecule is COc1cccc2c1nc(N)n1nc([C@H]3C[C@H](c4ccc(C(N)C(F)(F)F)cc4)C3)nc21. The lowest BCUT2D eigenvalue weighted by Crippen LogP contribution is -2.28. The number of methoxy groups -OCH3 is 1. The van der Waals surface area contributed by atoms with Crippen LogP contribution in [0.1, 0.15) is 47.7 Å². The first-order chi connectivity index (χ1) is 15.3. The fourth-order valence-electron chi connectivity index (χ4n) is 4.25. The number of hydrogen-bond donors (Lipinski definition) is 2. The van der Waals surface area contributed by atoms with Gasteiger partial charge in [-0.1, -0.05) is 30.3 Å². The fourth-order valence-corrected chi connectivity index (χ4v) is 4.25. The molecule has 0 amide bonds. The third kappa shape index (κ3) is 3.31. The van der Waals surface area contributed by atoms with E-state index in [1.54, 1.807) is 19.2 Å². The molecule has 4 N–H and O–H groups in total. The van der Waals surface area contributed by atoms with Gasteiger partial charge >= 0.3 is 6.18 Å². The van der Waals surface area contributed by atoms with E-state index in [0.29, 0.717) is 22.7 Å². The molecular weight excluding hydrogens is 421 g/mol. The largest absolute Gasteiger partial charge is 0.494 e. The van der Waals surface area contributed by atoms with Gasteiger partial charge in [-0.3, -0.25) is 0 Å². The van der Waals surface area contributed by atoms with Crippen LogP contribution in [0, 0.1) is 0 Å². The van der Waals surface area contributed by atoms with Crippen LogP contribution in [-0.2, 0) is 0 Å². The van der Waals surface area contributed by atoms with Gasteiger partial charge in [-0.2, -0.15) is 17.7 Å². The minimum absolute atomic E-state index is 0.0597. The molecule has 1 saturated carbocycles. The van der Waals surface area contributed by atoms with E-state index in [1.165, 1.54) is 16.6 Å². The van der Waals surface area contributed by atoms with E-state index in [2.05, 4.69) is 10.1 Å². The Kier molecular flexibility index (Phi) is 4.70. The van der Waals surface area contributed by atoms with Crippen molar-refractivity contribution in [1.29, 1.82) is 0 Å². The average Bonchev–Trinajstić information content (AvgIpc) is 3.17. The predicted molar refractivity (Wildman–Crippen MR) is 113 cm³/mol. The average molecular weight is 442 g/mol. The number of rotatable bonds is 4. The van der Waals surface area contributed by atoms with E-state index in [9.17, 15) is 13.2 Å². The zero-order valence-electron chi connectivity index (χ0n) is 17.2. The number of halogens is 3. The number of ether oxygens (including phenoxy) is 1. The van der Waals surface area contributed by atoms with Gasteiger partial charge in [0.2, 0.25) is 5.95 Å². The van der Waals surface area contributed by atoms with Crippen molar-refractivity contribution < 1.29 is 17.9 Å². The molecule has 4 aromatic rings. The molecule has 1 fully saturated rings. The normalized spacial score (nSPS) is 19.8. The summed E-state index contributed by atoms with van der Waals surface area (Å²) in [5.41, 5.74) is 13.7. The number of alkyl halides is 3. The van der Waals surface area contributed by atoms with Gasteiger partial charge in [-0.25, -0.2) is 9.97 Å². The van der Waals surface area contributed by atoms with E-state index in [-0.39, 0.29) is 23.3 Å². The molecule has 0 radical (unpaired) electrons. The summed E-state index contributed by atoms with van der Waals surface area (Å²) in [7, 11) is 1.57. The Morgan fingerprint density at radius 3 is 2.44 bits per heavy atom. The van der Waals surface area contributed by atoms with Crippen LogP contribution in [0.15, 0.2) is 42.5 Å². The van der Waals surface area contributed by atoms with Crippen molar-refractivity contribution in [2.75, 3.05) is 12.8 Å². The zero-order valence-corrected chi connectivity index (χ0v) is 17.2. The first-order valence-corrected chi connectivity index (χ1v) is 10.2. The molecule has 1 unspecified atom stereocenters. The summed E-state index contributed by atoms with van der Waals surface area (Å²) in [5, 5.41) is 5.36. The molecule has 10 heteroatoms. The molecule has 5 rings (SSSR count). The van der Waals surface area contributed by atoms with Gasteiger partial charge in [-0.15, -0.1) is 5.10 Å². The number of benzene rings is 2. The van der Waals surface area contributed by atoms with Gasteiger partial charge in [0, 0.05) is 11.3 Å². The summed E-state index contributed by atoms with van der Waals surface area (Å²) in [6, 6.07) is 9.95. The molecule has 1 aliphatic rings. The molecule has 166 valence electrons. The molecule has 0 aliphatic heterocycles. The minimum Gasteiger partial charge on any atom is -0.494 e. The maximum atomic E-state index is 12.8. The lowest BCUT2D eigenvalue weighted by atomic mass is 9.71. The number of nitrogen functional groups attached to an aromatic ring is 1. The van der Waals surface area contributed by atoms with Crippen LogP contribution in [0.4, 0.5) is 19.1 Å². The Balaban J connectivity index is 1.37. The van der Waals surface area contributed by atoms with Gasteiger partial charge in [-0.05, 0) is 42.0 Å². The number of nitrogens with zero attached hydrogens (tertiary/aromatic N) is 4. The zero-order chi connectivity index (χ0) is 22.6. The second kappa shape index (κ2) is 7.33. The van der Waals surface area contributed by atoms with Crippen LogP contribution in [0.2, 0.25) is 0 Å². The maximum absolute atomic E-state index is 12.8. The van der Waals surface area contributed by atoms with E-state index in [0.717, 1.165) is 23.8 Å². The lowest BCUT2D eigenvalue weighted by molar-refractivity contribution is -0.149. The summed E-state index contributed by atoms with van der Waals surface area (Å²) in [5.74, 6) is 1.88. The molecule has 32 heavy (non-hydrogen) atoms. The monoisotopic (exact) mass is 442 g/mol. The highest BCUT2D eigenvalue weighted by atomic mass is 19.4. The number of anilines is 1. The Morgan fingerprint density at radius 1 is 1.06 bits per heavy atom. The van der Waals surface area contributed by atoms with E-state index >= 15 is 0 Å². The second-order valence-corrected chi connectivity index (χ2v) is 8.08. The van der Waals surface area contributed by atoms with Crippen molar-refractivity contribution in [2.24, 2.45) is 5.73 Å². The van der Waals surface area contributed by atoms with Crippen molar-refractivity contribution in [3.63, 3.8) is 0 Å². The van der Waals surface area contributed by atoms with Crippen LogP contribution < -0.4 is 16.2 Å². The van der Waals surface area contributed by atoms with Crippen molar-refractivity contribution in [3.05, 3.63) is 59.4 Å². The number of nitrogens with two attached hydrogens (primary N) is 2. The van der Waals surface area contributed by atoms with Crippen LogP contribution >= 0.6 is 0 Å². The fraction of sp³-hybridized carbons (Fsp3) is 0.318. The molecule has 1 aliphatic carbocycles. The van der Waals surface area contributed by atoms with E-state index in [1.807, 2.05) is 18.2 Å². The molecule has 2 aromatic carbocycles. The van der Waals surface area contributed by atoms with Gasteiger partial charge < -0.3 is 16.2 Å². The highest BCUT2D eigenvalue weighted by Crippen LogP contribution is 2.47. The van der Waals surface area contributed by atoms with E-state index in [4.69, 9.17) is 21.2 Å². The van der Waals surface area contributed by atoms with E-state index < -0.39 is 12.2 Å². The number of para-hydroxylation sites is 1. The first kappa shape index (κ1) is 20.5. The van der Waals surface area contributed by atoms with Crippen LogP contribution in [0.5, 0.6) is 5.75 Å². The molecule has 2 aromatic heterocycles. The number of hydrogen-bond acceptors (Lipinski definition) is 6. The Hall–Kier alpha value is -3.40. The molecular formula is C22H21F3N6O. The van der Waals surface area contributed by atoms with Crippen molar-refractivity contribution >= 4 is 22.5 Å². The predicted octanol–water partition coefficient (Wildman–Crippen LogP) is 4.09. The minimum atomic E-state index is -4.46. The molecule has 1 atom stereocenters. The topological polar surface area (TPSA) is 104 Å². The third-order valence-electron chi connectivity index (χ3n) is 6.15. The Bertz CT molecular complexity index is 1300. The Labute approximate surface area is 181 Å². The van der Waals surface area contributed by atoms with Gasteiger partial charge in [0.1, 0.15) is 17.3 Å². The standard InChI is InChI=1S/C22H21F3N6O/c1-32-16-4-2-3-15-17(16)28-21(27)31-20(15)29-19(30-31)14-9-13(10-14)11-5-7-12(8-6-11)18(26)22(23,24)25/h2-8,13-14,18H,9-10,26H2,1H3,(H2,27,28)/t13-,14-,18?. The summed E-state index contributed by atoms with van der Waals surface area (Å²) >= 11 is 0. The molecule has 0 spiro atoms. The highest BCUT2D eigenvalue weighted by Gasteiger charge is 2.38. The van der Waals surface area contributed by atoms with Crippen LogP contribution in [0.25, 0.3) is 16.6 Å². The van der Waals surface area contributed by atoms with Crippen molar-refractivity contribution in [1.82, 2.24) is 19.6 Å². The van der Waals surface area contributed by atoms with Gasteiger partial charge in [0.15, 0.2) is 11.5 Å². The third-order valence-corrected chi connectivity index (χ3v) is 6.15. The summed E-state index contributed by atoms with van der Waals surface area (Å²) < 4.78 is 45.3. The van der Waals surface area contributed by atoms with Gasteiger partial charge in [0.05, 0.1) is 7.11 Å². The second-order valence-electron chi connectivity index (χ2n) is 8.08. The van der Waals surface area contributed by atoms with Crippen molar-refractivity contribution in [2.45, 2.75) is 36.9 Å². The Morgan fingerprint density at radius 2 is 1.78 bits per heavy atom. The summed E-state index contributed by atoms with van der Waals surface area (Å²) in [6.45, 7) is 0. The summed E-state index contributed by atoms with van der Waals surface area (Å²) in [4.78, 5) is 9.14. The van der Waals surface area contributed by atoms with Crippen LogP contribution in [0.3, 0.4) is 0 Å². The molecule has 2 heterocycles. The lowest BCUT2D eigenvalue weighted by Gasteiger charge is -2.34. The molecule has 0 bridgehead atoms. The number of fused-ring (bicyclic) bond motifs is 3. The van der Waals surface area contributed by atoms with Crippen molar-refractivity contribution in [3.8, 4) is 5.75 Å². The first-order valence-electron chi connectivity index (χ1n) is 10.2. The molecule has 0 saturated heterocycles. The molecule has 7 nitrogen and oxygen atoms in total.